The van der Waals surface area contributed by atoms with Crippen LogP contribution in [0.1, 0.15) is 24.8 Å². The lowest BCUT2D eigenvalue weighted by molar-refractivity contribution is 0.626. The van der Waals surface area contributed by atoms with Gasteiger partial charge in [-0.05, 0) is 35.9 Å². The zero-order valence-electron chi connectivity index (χ0n) is 9.90. The topological polar surface area (TPSA) is 12.4 Å². The summed E-state index contributed by atoms with van der Waals surface area (Å²) in [6.45, 7) is 2.94. The summed E-state index contributed by atoms with van der Waals surface area (Å²) in [4.78, 5) is 4.55. The Balaban J connectivity index is 1.97. The van der Waals surface area contributed by atoms with Crippen molar-refractivity contribution in [3.63, 3.8) is 0 Å². The fourth-order valence-electron chi connectivity index (χ4n) is 1.73. The molecule has 0 aromatic heterocycles. The molecule has 1 aliphatic heterocycles. The first-order chi connectivity index (χ1) is 8.29. The Kier molecular flexibility index (Phi) is 4.37. The molecule has 1 heterocycles. The van der Waals surface area contributed by atoms with Gasteiger partial charge >= 0.3 is 0 Å². The van der Waals surface area contributed by atoms with Crippen LogP contribution < -0.4 is 0 Å². The average Bonchev–Trinajstić information content (AvgIpc) is 2.38. The first-order valence-electron chi connectivity index (χ1n) is 5.90. The molecule has 1 nitrogen and oxygen atoms in total. The number of nitrogens with zero attached hydrogens (tertiary/aromatic N) is 1. The number of aliphatic imine (C=N–C) groups is 1. The smallest absolute Gasteiger partial charge is 0.123 e. The summed E-state index contributed by atoms with van der Waals surface area (Å²) < 4.78 is 12.8. The molecule has 0 bridgehead atoms. The van der Waals surface area contributed by atoms with Crippen molar-refractivity contribution in [3.8, 4) is 0 Å². The van der Waals surface area contributed by atoms with E-state index in [0.29, 0.717) is 5.92 Å². The highest BCUT2D eigenvalue weighted by Gasteiger charge is 2.12. The van der Waals surface area contributed by atoms with Crippen molar-refractivity contribution >= 4 is 16.8 Å². The van der Waals surface area contributed by atoms with Gasteiger partial charge in [-0.2, -0.15) is 0 Å². The number of thioether (sulfide) groups is 1. The molecule has 1 atom stereocenters. The molecular weight excluding hydrogens is 233 g/mol. The third-order valence-corrected chi connectivity index (χ3v) is 3.84. The van der Waals surface area contributed by atoms with Crippen LogP contribution in [0.4, 0.5) is 4.39 Å². The van der Waals surface area contributed by atoms with E-state index < -0.39 is 0 Å². The van der Waals surface area contributed by atoms with E-state index in [2.05, 4.69) is 24.1 Å². The van der Waals surface area contributed by atoms with Gasteiger partial charge in [0.15, 0.2) is 0 Å². The number of dihydropyridines is 1. The summed E-state index contributed by atoms with van der Waals surface area (Å²) in [7, 11) is 0. The van der Waals surface area contributed by atoms with Crippen molar-refractivity contribution in [1.29, 1.82) is 0 Å². The molecule has 3 heteroatoms. The van der Waals surface area contributed by atoms with Crippen LogP contribution in [-0.4, -0.2) is 17.3 Å². The van der Waals surface area contributed by atoms with E-state index in [1.165, 1.54) is 18.6 Å². The molecule has 1 aromatic carbocycles. The predicted molar refractivity (Wildman–Crippen MR) is 73.3 cm³/mol. The van der Waals surface area contributed by atoms with Gasteiger partial charge in [0, 0.05) is 5.92 Å². The molecule has 1 aromatic rings. The van der Waals surface area contributed by atoms with Crippen LogP contribution in [0.25, 0.3) is 0 Å². The minimum Gasteiger partial charge on any atom is -0.277 e. The third-order valence-electron chi connectivity index (χ3n) is 2.67. The Hall–Kier alpha value is -1.09. The van der Waals surface area contributed by atoms with E-state index in [1.807, 2.05) is 12.1 Å². The molecule has 0 aliphatic carbocycles. The lowest BCUT2D eigenvalue weighted by Gasteiger charge is -2.15. The molecule has 0 amide bonds. The van der Waals surface area contributed by atoms with Gasteiger partial charge in [-0.3, -0.25) is 4.99 Å². The molecule has 0 fully saturated rings. The largest absolute Gasteiger partial charge is 0.277 e. The Morgan fingerprint density at radius 3 is 2.71 bits per heavy atom. The zero-order valence-corrected chi connectivity index (χ0v) is 10.7. The number of hydrogen-bond donors (Lipinski definition) is 0. The molecule has 17 heavy (non-hydrogen) atoms. The highest BCUT2D eigenvalue weighted by atomic mass is 32.2. The van der Waals surface area contributed by atoms with E-state index in [9.17, 15) is 4.39 Å². The fourth-order valence-corrected chi connectivity index (χ4v) is 2.48. The van der Waals surface area contributed by atoms with Gasteiger partial charge in [-0.1, -0.05) is 25.1 Å². The van der Waals surface area contributed by atoms with Gasteiger partial charge in [-0.25, -0.2) is 4.39 Å². The van der Waals surface area contributed by atoms with Crippen LogP contribution >= 0.6 is 11.8 Å². The van der Waals surface area contributed by atoms with Gasteiger partial charge in [0.25, 0.3) is 0 Å². The molecule has 0 spiro atoms. The Labute approximate surface area is 106 Å². The van der Waals surface area contributed by atoms with Gasteiger partial charge in [0.05, 0.1) is 11.6 Å². The quantitative estimate of drug-likeness (QED) is 0.788. The summed E-state index contributed by atoms with van der Waals surface area (Å²) in [5.41, 5.74) is 1.13. The monoisotopic (exact) mass is 249 g/mol. The lowest BCUT2D eigenvalue weighted by atomic mass is 9.98. The summed E-state index contributed by atoms with van der Waals surface area (Å²) in [5.74, 6) is 1.22. The number of benzene rings is 1. The number of hydrogen-bond acceptors (Lipinski definition) is 2. The molecular formula is C14H16FNS. The van der Waals surface area contributed by atoms with E-state index in [4.69, 9.17) is 0 Å². The molecule has 2 rings (SSSR count). The second-order valence-electron chi connectivity index (χ2n) is 4.04. The predicted octanol–water partition coefficient (Wildman–Crippen LogP) is 4.02. The Morgan fingerprint density at radius 2 is 2.12 bits per heavy atom. The standard InChI is InChI=1S/C14H16FNS/c1-2-9-17-14-8-5-12(10-16-14)11-3-6-13(15)7-4-11/h3-8,12H,2,9-10H2,1H3. The van der Waals surface area contributed by atoms with Crippen LogP contribution in [0.5, 0.6) is 0 Å². The van der Waals surface area contributed by atoms with Crippen molar-refractivity contribution in [1.82, 2.24) is 0 Å². The van der Waals surface area contributed by atoms with E-state index in [-0.39, 0.29) is 5.82 Å². The van der Waals surface area contributed by atoms with Crippen molar-refractivity contribution in [2.45, 2.75) is 19.3 Å². The lowest BCUT2D eigenvalue weighted by Crippen LogP contribution is -2.07. The van der Waals surface area contributed by atoms with Gasteiger partial charge < -0.3 is 0 Å². The van der Waals surface area contributed by atoms with E-state index in [0.717, 1.165) is 22.9 Å². The molecule has 1 aliphatic rings. The van der Waals surface area contributed by atoms with Crippen LogP contribution in [-0.2, 0) is 0 Å². The SMILES string of the molecule is CCCSC1=NCC(c2ccc(F)cc2)C=C1. The highest BCUT2D eigenvalue weighted by molar-refractivity contribution is 8.14. The van der Waals surface area contributed by atoms with E-state index >= 15 is 0 Å². The molecule has 0 N–H and O–H groups in total. The minimum atomic E-state index is -0.184. The molecule has 90 valence electrons. The maximum Gasteiger partial charge on any atom is 0.123 e. The van der Waals surface area contributed by atoms with Gasteiger partial charge in [0.1, 0.15) is 5.82 Å². The normalized spacial score (nSPS) is 19.2. The second kappa shape index (κ2) is 6.01. The van der Waals surface area contributed by atoms with Crippen molar-refractivity contribution in [3.05, 3.63) is 47.8 Å². The first kappa shape index (κ1) is 12.4. The molecule has 0 radical (unpaired) electrons. The summed E-state index contributed by atoms with van der Waals surface area (Å²) in [6.07, 6.45) is 5.41. The Morgan fingerprint density at radius 1 is 1.35 bits per heavy atom. The Bertz CT molecular complexity index is 422. The van der Waals surface area contributed by atoms with Crippen molar-refractivity contribution < 1.29 is 4.39 Å². The summed E-state index contributed by atoms with van der Waals surface area (Å²) in [6, 6.07) is 6.69. The highest BCUT2D eigenvalue weighted by Crippen LogP contribution is 2.23. The number of rotatable bonds is 3. The molecule has 0 saturated heterocycles. The molecule has 0 saturated carbocycles. The maximum atomic E-state index is 12.8. The van der Waals surface area contributed by atoms with Crippen molar-refractivity contribution in [2.75, 3.05) is 12.3 Å². The second-order valence-corrected chi connectivity index (χ2v) is 5.16. The third kappa shape index (κ3) is 3.43. The van der Waals surface area contributed by atoms with Gasteiger partial charge in [0.2, 0.25) is 0 Å². The van der Waals surface area contributed by atoms with Crippen LogP contribution in [0.2, 0.25) is 0 Å². The maximum absolute atomic E-state index is 12.8. The first-order valence-corrected chi connectivity index (χ1v) is 6.89. The summed E-state index contributed by atoms with van der Waals surface area (Å²) in [5, 5.41) is 1.12. The van der Waals surface area contributed by atoms with Crippen LogP contribution in [0, 0.1) is 5.82 Å². The summed E-state index contributed by atoms with van der Waals surface area (Å²) >= 11 is 1.80. The van der Waals surface area contributed by atoms with Gasteiger partial charge in [-0.15, -0.1) is 11.8 Å². The minimum absolute atomic E-state index is 0.184. The zero-order chi connectivity index (χ0) is 12.1. The average molecular weight is 249 g/mol. The van der Waals surface area contributed by atoms with Crippen molar-refractivity contribution in [2.24, 2.45) is 4.99 Å². The van der Waals surface area contributed by atoms with Crippen LogP contribution in [0.15, 0.2) is 41.4 Å². The van der Waals surface area contributed by atoms with E-state index in [1.54, 1.807) is 11.8 Å². The molecule has 1 unspecified atom stereocenters. The number of halogens is 1. The fraction of sp³-hybridized carbons (Fsp3) is 0.357. The van der Waals surface area contributed by atoms with Crippen LogP contribution in [0.3, 0.4) is 0 Å².